The Kier molecular flexibility index (Phi) is 5.31. The molecule has 0 aromatic carbocycles. The zero-order chi connectivity index (χ0) is 9.52. The summed E-state index contributed by atoms with van der Waals surface area (Å²) in [5.41, 5.74) is 0. The van der Waals surface area contributed by atoms with Gasteiger partial charge in [-0.3, -0.25) is 0 Å². The summed E-state index contributed by atoms with van der Waals surface area (Å²) in [6.07, 6.45) is 2.50. The van der Waals surface area contributed by atoms with Gasteiger partial charge in [-0.25, -0.2) is 0 Å². The van der Waals surface area contributed by atoms with Crippen LogP contribution in [-0.4, -0.2) is 50.6 Å². The molecule has 1 fully saturated rings. The first-order valence-corrected chi connectivity index (χ1v) is 4.93. The summed E-state index contributed by atoms with van der Waals surface area (Å²) in [7, 11) is 1.65. The summed E-state index contributed by atoms with van der Waals surface area (Å²) in [6.45, 7) is 2.76. The number of rotatable bonds is 6. The highest BCUT2D eigenvalue weighted by molar-refractivity contribution is 4.78. The number of aliphatic hydroxyl groups is 1. The average molecular weight is 188 g/mol. The molecule has 1 aliphatic heterocycles. The van der Waals surface area contributed by atoms with Gasteiger partial charge in [-0.1, -0.05) is 0 Å². The zero-order valence-corrected chi connectivity index (χ0v) is 8.25. The van der Waals surface area contributed by atoms with Gasteiger partial charge in [0.05, 0.1) is 19.3 Å². The second-order valence-electron chi connectivity index (χ2n) is 3.54. The molecular weight excluding hydrogens is 168 g/mol. The van der Waals surface area contributed by atoms with Crippen molar-refractivity contribution in [1.29, 1.82) is 0 Å². The Bertz CT molecular complexity index is 127. The number of ether oxygens (including phenoxy) is 1. The van der Waals surface area contributed by atoms with Crippen molar-refractivity contribution in [2.75, 3.05) is 33.4 Å². The van der Waals surface area contributed by atoms with Gasteiger partial charge in [0.2, 0.25) is 0 Å². The molecule has 0 amide bonds. The van der Waals surface area contributed by atoms with Crippen LogP contribution >= 0.6 is 0 Å². The molecule has 4 heteroatoms. The molecule has 13 heavy (non-hydrogen) atoms. The molecule has 1 saturated heterocycles. The number of aliphatic hydroxyl groups excluding tert-OH is 1. The topological polar surface area (TPSA) is 53.5 Å². The predicted octanol–water partition coefficient (Wildman–Crippen LogP) is -0.665. The highest BCUT2D eigenvalue weighted by atomic mass is 16.5. The van der Waals surface area contributed by atoms with Crippen LogP contribution < -0.4 is 10.6 Å². The fourth-order valence-electron chi connectivity index (χ4n) is 1.62. The number of hydrogen-bond donors (Lipinski definition) is 3. The van der Waals surface area contributed by atoms with E-state index in [4.69, 9.17) is 9.84 Å². The van der Waals surface area contributed by atoms with Crippen molar-refractivity contribution in [1.82, 2.24) is 10.6 Å². The van der Waals surface area contributed by atoms with Crippen LogP contribution in [0.1, 0.15) is 12.8 Å². The fourth-order valence-corrected chi connectivity index (χ4v) is 1.62. The Morgan fingerprint density at radius 2 is 2.54 bits per heavy atom. The Balaban J connectivity index is 2.07. The van der Waals surface area contributed by atoms with E-state index in [1.165, 1.54) is 12.8 Å². The van der Waals surface area contributed by atoms with E-state index in [1.807, 2.05) is 0 Å². The van der Waals surface area contributed by atoms with E-state index in [2.05, 4.69) is 10.6 Å². The minimum absolute atomic E-state index is 0.0763. The molecule has 1 rings (SSSR count). The monoisotopic (exact) mass is 188 g/mol. The number of nitrogens with one attached hydrogen (secondary N) is 2. The van der Waals surface area contributed by atoms with Gasteiger partial charge in [0, 0.05) is 19.7 Å². The summed E-state index contributed by atoms with van der Waals surface area (Å²) in [5.74, 6) is 0. The van der Waals surface area contributed by atoms with Gasteiger partial charge in [0.15, 0.2) is 0 Å². The van der Waals surface area contributed by atoms with Crippen LogP contribution in [0.3, 0.4) is 0 Å². The molecule has 3 N–H and O–H groups in total. The van der Waals surface area contributed by atoms with E-state index < -0.39 is 0 Å². The zero-order valence-electron chi connectivity index (χ0n) is 8.25. The van der Waals surface area contributed by atoms with Gasteiger partial charge in [0.1, 0.15) is 0 Å². The number of methoxy groups -OCH3 is 1. The van der Waals surface area contributed by atoms with Crippen LogP contribution in [0, 0.1) is 0 Å². The van der Waals surface area contributed by atoms with Crippen molar-refractivity contribution < 1.29 is 9.84 Å². The van der Waals surface area contributed by atoms with E-state index in [0.29, 0.717) is 12.6 Å². The first kappa shape index (κ1) is 10.9. The minimum atomic E-state index is 0.0763. The maximum absolute atomic E-state index is 8.97. The largest absolute Gasteiger partial charge is 0.395 e. The summed E-state index contributed by atoms with van der Waals surface area (Å²) in [5, 5.41) is 15.6. The SMILES string of the molecule is COCC(CO)NCC1CCCN1. The molecule has 1 heterocycles. The van der Waals surface area contributed by atoms with Crippen molar-refractivity contribution >= 4 is 0 Å². The van der Waals surface area contributed by atoms with Crippen molar-refractivity contribution in [2.45, 2.75) is 24.9 Å². The smallest absolute Gasteiger partial charge is 0.0638 e. The lowest BCUT2D eigenvalue weighted by atomic mass is 10.2. The summed E-state index contributed by atoms with van der Waals surface area (Å²) in [4.78, 5) is 0. The second kappa shape index (κ2) is 6.32. The summed E-state index contributed by atoms with van der Waals surface area (Å²) < 4.78 is 4.97. The molecule has 78 valence electrons. The molecule has 0 bridgehead atoms. The molecule has 0 aliphatic carbocycles. The van der Waals surface area contributed by atoms with Crippen molar-refractivity contribution in [2.24, 2.45) is 0 Å². The predicted molar refractivity (Wildman–Crippen MR) is 51.8 cm³/mol. The minimum Gasteiger partial charge on any atom is -0.395 e. The summed E-state index contributed by atoms with van der Waals surface area (Å²) in [6, 6.07) is 0.651. The van der Waals surface area contributed by atoms with Crippen LogP contribution in [-0.2, 0) is 4.74 Å². The van der Waals surface area contributed by atoms with E-state index >= 15 is 0 Å². The Morgan fingerprint density at radius 1 is 1.69 bits per heavy atom. The van der Waals surface area contributed by atoms with E-state index in [9.17, 15) is 0 Å². The standard InChI is InChI=1S/C9H20N2O2/c1-13-7-9(6-12)11-5-8-3-2-4-10-8/h8-12H,2-7H2,1H3. The van der Waals surface area contributed by atoms with Crippen LogP contribution in [0.15, 0.2) is 0 Å². The van der Waals surface area contributed by atoms with Gasteiger partial charge in [-0.05, 0) is 19.4 Å². The molecule has 2 atom stereocenters. The van der Waals surface area contributed by atoms with Gasteiger partial charge < -0.3 is 20.5 Å². The normalized spacial score (nSPS) is 24.9. The van der Waals surface area contributed by atoms with Gasteiger partial charge >= 0.3 is 0 Å². The lowest BCUT2D eigenvalue weighted by molar-refractivity contribution is 0.127. The second-order valence-corrected chi connectivity index (χ2v) is 3.54. The van der Waals surface area contributed by atoms with Crippen molar-refractivity contribution in [3.05, 3.63) is 0 Å². The first-order chi connectivity index (χ1) is 6.36. The maximum atomic E-state index is 8.97. The van der Waals surface area contributed by atoms with E-state index in [-0.39, 0.29) is 12.6 Å². The molecule has 0 aromatic rings. The van der Waals surface area contributed by atoms with Crippen LogP contribution in [0.2, 0.25) is 0 Å². The molecule has 0 aromatic heterocycles. The molecule has 2 unspecified atom stereocenters. The number of hydrogen-bond acceptors (Lipinski definition) is 4. The Labute approximate surface area is 79.7 Å². The fraction of sp³-hybridized carbons (Fsp3) is 1.00. The first-order valence-electron chi connectivity index (χ1n) is 4.93. The molecular formula is C9H20N2O2. The molecule has 0 saturated carbocycles. The Hall–Kier alpha value is -0.160. The molecule has 0 spiro atoms. The van der Waals surface area contributed by atoms with Crippen LogP contribution in [0.25, 0.3) is 0 Å². The molecule has 1 aliphatic rings. The lowest BCUT2D eigenvalue weighted by Gasteiger charge is -2.18. The Morgan fingerprint density at radius 3 is 3.08 bits per heavy atom. The third-order valence-corrected chi connectivity index (χ3v) is 2.40. The van der Waals surface area contributed by atoms with Crippen LogP contribution in [0.5, 0.6) is 0 Å². The maximum Gasteiger partial charge on any atom is 0.0638 e. The quantitative estimate of drug-likeness (QED) is 0.518. The van der Waals surface area contributed by atoms with Gasteiger partial charge in [-0.15, -0.1) is 0 Å². The lowest BCUT2D eigenvalue weighted by Crippen LogP contribution is -2.43. The van der Waals surface area contributed by atoms with Crippen LogP contribution in [0.4, 0.5) is 0 Å². The third-order valence-electron chi connectivity index (χ3n) is 2.40. The van der Waals surface area contributed by atoms with E-state index in [1.54, 1.807) is 7.11 Å². The molecule has 0 radical (unpaired) electrons. The van der Waals surface area contributed by atoms with Crippen molar-refractivity contribution in [3.63, 3.8) is 0 Å². The third kappa shape index (κ3) is 4.04. The molecule has 4 nitrogen and oxygen atoms in total. The highest BCUT2D eigenvalue weighted by Crippen LogP contribution is 2.03. The van der Waals surface area contributed by atoms with Gasteiger partial charge in [-0.2, -0.15) is 0 Å². The van der Waals surface area contributed by atoms with Crippen molar-refractivity contribution in [3.8, 4) is 0 Å². The van der Waals surface area contributed by atoms with Gasteiger partial charge in [0.25, 0.3) is 0 Å². The van der Waals surface area contributed by atoms with E-state index in [0.717, 1.165) is 13.1 Å². The average Bonchev–Trinajstić information content (AvgIpc) is 2.64. The summed E-state index contributed by atoms with van der Waals surface area (Å²) >= 11 is 0. The highest BCUT2D eigenvalue weighted by Gasteiger charge is 2.15.